The zero-order chi connectivity index (χ0) is 11.1. The molecule has 4 heteroatoms. The zero-order valence-corrected chi connectivity index (χ0v) is 8.83. The fourth-order valence-corrected chi connectivity index (χ4v) is 1.42. The van der Waals surface area contributed by atoms with Crippen LogP contribution in [0.4, 0.5) is 11.4 Å². The van der Waals surface area contributed by atoms with E-state index in [0.717, 1.165) is 0 Å². The van der Waals surface area contributed by atoms with Crippen LogP contribution in [0.1, 0.15) is 13.8 Å². The number of carbonyl (C=O) groups is 1. The number of hydrogen-bond donors (Lipinski definition) is 2. The Morgan fingerprint density at radius 2 is 2.20 bits per heavy atom. The molecule has 1 aromatic rings. The highest BCUT2D eigenvalue weighted by molar-refractivity contribution is 5.97. The standard InChI is InChI=1S/C11H14N2O2/c1-11(2)6-15-9-7(12)4-3-5-8(9)13-10(11)14/h3-5H,6,12H2,1-2H3,(H,13,14). The summed E-state index contributed by atoms with van der Waals surface area (Å²) in [6.07, 6.45) is 0. The first-order valence-corrected chi connectivity index (χ1v) is 4.83. The Morgan fingerprint density at radius 3 is 2.93 bits per heavy atom. The minimum absolute atomic E-state index is 0.0492. The summed E-state index contributed by atoms with van der Waals surface area (Å²) < 4.78 is 5.56. The minimum Gasteiger partial charge on any atom is -0.488 e. The molecule has 0 bridgehead atoms. The van der Waals surface area contributed by atoms with Gasteiger partial charge in [0.15, 0.2) is 5.75 Å². The lowest BCUT2D eigenvalue weighted by molar-refractivity contribution is -0.124. The van der Waals surface area contributed by atoms with Crippen molar-refractivity contribution in [2.24, 2.45) is 5.41 Å². The second kappa shape index (κ2) is 3.15. The first kappa shape index (κ1) is 9.83. The molecule has 1 amide bonds. The number of amides is 1. The first-order chi connectivity index (χ1) is 7.00. The van der Waals surface area contributed by atoms with E-state index in [1.807, 2.05) is 13.8 Å². The van der Waals surface area contributed by atoms with E-state index in [4.69, 9.17) is 10.5 Å². The number of nitrogens with one attached hydrogen (secondary N) is 1. The molecule has 0 unspecified atom stereocenters. The van der Waals surface area contributed by atoms with Crippen molar-refractivity contribution in [3.63, 3.8) is 0 Å². The Balaban J connectivity index is 2.44. The van der Waals surface area contributed by atoms with Crippen LogP contribution < -0.4 is 15.8 Å². The van der Waals surface area contributed by atoms with E-state index in [9.17, 15) is 4.79 Å². The number of anilines is 2. The highest BCUT2D eigenvalue weighted by Crippen LogP contribution is 2.36. The molecule has 2 rings (SSSR count). The normalized spacial score (nSPS) is 18.4. The van der Waals surface area contributed by atoms with Gasteiger partial charge < -0.3 is 15.8 Å². The van der Waals surface area contributed by atoms with Gasteiger partial charge in [-0.2, -0.15) is 0 Å². The molecule has 1 aromatic carbocycles. The summed E-state index contributed by atoms with van der Waals surface area (Å²) in [4.78, 5) is 11.8. The molecule has 0 aromatic heterocycles. The van der Waals surface area contributed by atoms with E-state index in [-0.39, 0.29) is 5.91 Å². The van der Waals surface area contributed by atoms with Crippen LogP contribution >= 0.6 is 0 Å². The van der Waals surface area contributed by atoms with E-state index < -0.39 is 5.41 Å². The molecule has 0 aliphatic carbocycles. The van der Waals surface area contributed by atoms with Gasteiger partial charge in [-0.25, -0.2) is 0 Å². The molecule has 1 heterocycles. The number of nitrogen functional groups attached to an aromatic ring is 1. The summed E-state index contributed by atoms with van der Waals surface area (Å²) in [6.45, 7) is 4.01. The fourth-order valence-electron chi connectivity index (χ4n) is 1.42. The highest BCUT2D eigenvalue weighted by atomic mass is 16.5. The van der Waals surface area contributed by atoms with Crippen molar-refractivity contribution in [3.05, 3.63) is 18.2 Å². The molecule has 1 aliphatic rings. The van der Waals surface area contributed by atoms with Crippen LogP contribution in [0.25, 0.3) is 0 Å². The second-order valence-corrected chi connectivity index (χ2v) is 4.35. The Hall–Kier alpha value is -1.71. The van der Waals surface area contributed by atoms with Gasteiger partial charge in [-0.3, -0.25) is 4.79 Å². The highest BCUT2D eigenvalue weighted by Gasteiger charge is 2.32. The molecule has 3 N–H and O–H groups in total. The molecule has 80 valence electrons. The average molecular weight is 206 g/mol. The molecule has 0 saturated heterocycles. The van der Waals surface area contributed by atoms with Crippen molar-refractivity contribution in [1.29, 1.82) is 0 Å². The number of benzene rings is 1. The van der Waals surface area contributed by atoms with E-state index in [0.29, 0.717) is 23.7 Å². The summed E-state index contributed by atoms with van der Waals surface area (Å²) in [5, 5.41) is 2.81. The molecule has 0 fully saturated rings. The van der Waals surface area contributed by atoms with Crippen LogP contribution in [0, 0.1) is 5.41 Å². The number of nitrogens with two attached hydrogens (primary N) is 1. The molecule has 0 saturated carbocycles. The van der Waals surface area contributed by atoms with E-state index in [1.54, 1.807) is 18.2 Å². The Morgan fingerprint density at radius 1 is 1.47 bits per heavy atom. The fraction of sp³-hybridized carbons (Fsp3) is 0.364. The number of fused-ring (bicyclic) bond motifs is 1. The van der Waals surface area contributed by atoms with Crippen LogP contribution in [0.15, 0.2) is 18.2 Å². The van der Waals surface area contributed by atoms with Gasteiger partial charge in [0.25, 0.3) is 0 Å². The van der Waals surface area contributed by atoms with Crippen LogP contribution in [0.2, 0.25) is 0 Å². The van der Waals surface area contributed by atoms with Gasteiger partial charge in [0, 0.05) is 0 Å². The van der Waals surface area contributed by atoms with Gasteiger partial charge in [0.1, 0.15) is 6.61 Å². The van der Waals surface area contributed by atoms with E-state index in [1.165, 1.54) is 0 Å². The minimum atomic E-state index is -0.536. The van der Waals surface area contributed by atoms with E-state index >= 15 is 0 Å². The first-order valence-electron chi connectivity index (χ1n) is 4.83. The second-order valence-electron chi connectivity index (χ2n) is 4.35. The van der Waals surface area contributed by atoms with Crippen molar-refractivity contribution in [1.82, 2.24) is 0 Å². The molecule has 0 spiro atoms. The monoisotopic (exact) mass is 206 g/mol. The summed E-state index contributed by atoms with van der Waals surface area (Å²) >= 11 is 0. The van der Waals surface area contributed by atoms with Gasteiger partial charge in [0.05, 0.1) is 16.8 Å². The van der Waals surface area contributed by atoms with Gasteiger partial charge in [-0.15, -0.1) is 0 Å². The maximum Gasteiger partial charge on any atom is 0.233 e. The number of hydrogen-bond acceptors (Lipinski definition) is 3. The molecule has 4 nitrogen and oxygen atoms in total. The quantitative estimate of drug-likeness (QED) is 0.634. The lowest BCUT2D eigenvalue weighted by Gasteiger charge is -2.18. The van der Waals surface area contributed by atoms with Crippen molar-refractivity contribution in [2.75, 3.05) is 17.7 Å². The Bertz CT molecular complexity index is 413. The van der Waals surface area contributed by atoms with Gasteiger partial charge in [-0.1, -0.05) is 6.07 Å². The summed E-state index contributed by atoms with van der Waals surface area (Å²) in [7, 11) is 0. The zero-order valence-electron chi connectivity index (χ0n) is 8.83. The maximum absolute atomic E-state index is 11.8. The van der Waals surface area contributed by atoms with Crippen LogP contribution in [-0.2, 0) is 4.79 Å². The topological polar surface area (TPSA) is 64.3 Å². The molecule has 1 aliphatic heterocycles. The van der Waals surface area contributed by atoms with Crippen molar-refractivity contribution < 1.29 is 9.53 Å². The summed E-state index contributed by atoms with van der Waals surface area (Å²) in [5.74, 6) is 0.517. The van der Waals surface area contributed by atoms with Crippen molar-refractivity contribution in [2.45, 2.75) is 13.8 Å². The molecule has 15 heavy (non-hydrogen) atoms. The summed E-state index contributed by atoms with van der Waals surface area (Å²) in [5.41, 5.74) is 6.42. The van der Waals surface area contributed by atoms with Gasteiger partial charge in [-0.05, 0) is 26.0 Å². The third kappa shape index (κ3) is 1.63. The van der Waals surface area contributed by atoms with Gasteiger partial charge >= 0.3 is 0 Å². The average Bonchev–Trinajstić information content (AvgIpc) is 2.26. The van der Waals surface area contributed by atoms with Crippen LogP contribution in [-0.4, -0.2) is 12.5 Å². The van der Waals surface area contributed by atoms with E-state index in [2.05, 4.69) is 5.32 Å². The Kier molecular flexibility index (Phi) is 2.07. The molecule has 0 atom stereocenters. The third-order valence-electron chi connectivity index (χ3n) is 2.49. The molecular formula is C11H14N2O2. The third-order valence-corrected chi connectivity index (χ3v) is 2.49. The number of rotatable bonds is 0. The lowest BCUT2D eigenvalue weighted by Crippen LogP contribution is -2.33. The molecule has 0 radical (unpaired) electrons. The van der Waals surface area contributed by atoms with Crippen LogP contribution in [0.3, 0.4) is 0 Å². The summed E-state index contributed by atoms with van der Waals surface area (Å²) in [6, 6.07) is 5.32. The number of para-hydroxylation sites is 1. The number of carbonyl (C=O) groups excluding carboxylic acids is 1. The Labute approximate surface area is 88.4 Å². The van der Waals surface area contributed by atoms with Crippen molar-refractivity contribution in [3.8, 4) is 5.75 Å². The molecular weight excluding hydrogens is 192 g/mol. The lowest BCUT2D eigenvalue weighted by atomic mass is 9.94. The number of ether oxygens (including phenoxy) is 1. The predicted octanol–water partition coefficient (Wildman–Crippen LogP) is 1.63. The predicted molar refractivity (Wildman–Crippen MR) is 58.8 cm³/mol. The van der Waals surface area contributed by atoms with Crippen molar-refractivity contribution >= 4 is 17.3 Å². The largest absolute Gasteiger partial charge is 0.488 e. The van der Waals surface area contributed by atoms with Gasteiger partial charge in [0.2, 0.25) is 5.91 Å². The SMILES string of the molecule is CC1(C)COc2c(N)cccc2NC1=O. The van der Waals surface area contributed by atoms with Crippen LogP contribution in [0.5, 0.6) is 5.75 Å². The maximum atomic E-state index is 11.8. The smallest absolute Gasteiger partial charge is 0.233 e.